The maximum atomic E-state index is 12.7. The SMILES string of the molecule is Cl.O=C(NC1CC2CCC(C1)N2)C1(c2ccccc2)CC1. The standard InChI is InChI=1S/C17H22N2O.ClH/c20-16(17(8-9-17)12-4-2-1-3-5-12)19-15-10-13-6-7-14(11-15)18-13;/h1-5,13-15,18H,6-11H2,(H,19,20);1H. The molecule has 4 rings (SSSR count). The summed E-state index contributed by atoms with van der Waals surface area (Å²) in [7, 11) is 0. The summed E-state index contributed by atoms with van der Waals surface area (Å²) in [5.41, 5.74) is 0.972. The topological polar surface area (TPSA) is 41.1 Å². The minimum Gasteiger partial charge on any atom is -0.352 e. The minimum absolute atomic E-state index is 0. The van der Waals surface area contributed by atoms with E-state index in [-0.39, 0.29) is 23.7 Å². The average molecular weight is 307 g/mol. The van der Waals surface area contributed by atoms with Gasteiger partial charge in [-0.2, -0.15) is 0 Å². The van der Waals surface area contributed by atoms with Crippen molar-refractivity contribution >= 4 is 18.3 Å². The van der Waals surface area contributed by atoms with Gasteiger partial charge in [0.2, 0.25) is 5.91 Å². The van der Waals surface area contributed by atoms with Crippen LogP contribution in [0.1, 0.15) is 44.1 Å². The third kappa shape index (κ3) is 2.69. The van der Waals surface area contributed by atoms with Gasteiger partial charge in [-0.05, 0) is 44.1 Å². The maximum absolute atomic E-state index is 12.7. The van der Waals surface area contributed by atoms with Gasteiger partial charge in [0.05, 0.1) is 5.41 Å². The molecule has 2 bridgehead atoms. The zero-order valence-corrected chi connectivity index (χ0v) is 13.0. The van der Waals surface area contributed by atoms with E-state index < -0.39 is 0 Å². The Morgan fingerprint density at radius 3 is 2.29 bits per heavy atom. The van der Waals surface area contributed by atoms with E-state index in [0.29, 0.717) is 18.1 Å². The highest BCUT2D eigenvalue weighted by molar-refractivity contribution is 5.91. The van der Waals surface area contributed by atoms with Gasteiger partial charge in [-0.25, -0.2) is 0 Å². The van der Waals surface area contributed by atoms with Gasteiger partial charge in [0.1, 0.15) is 0 Å². The van der Waals surface area contributed by atoms with E-state index in [2.05, 4.69) is 22.8 Å². The van der Waals surface area contributed by atoms with Gasteiger partial charge in [-0.1, -0.05) is 30.3 Å². The van der Waals surface area contributed by atoms with Crippen LogP contribution < -0.4 is 10.6 Å². The summed E-state index contributed by atoms with van der Waals surface area (Å²) in [5, 5.41) is 6.97. The van der Waals surface area contributed by atoms with Crippen LogP contribution in [0.3, 0.4) is 0 Å². The molecule has 2 heterocycles. The average Bonchev–Trinajstić information content (AvgIpc) is 3.22. The van der Waals surface area contributed by atoms with E-state index in [1.807, 2.05) is 18.2 Å². The Balaban J connectivity index is 0.00000132. The molecular weight excluding hydrogens is 284 g/mol. The smallest absolute Gasteiger partial charge is 0.230 e. The number of carbonyl (C=O) groups excluding carboxylic acids is 1. The molecule has 1 aromatic carbocycles. The molecule has 3 nitrogen and oxygen atoms in total. The van der Waals surface area contributed by atoms with Crippen LogP contribution in [-0.4, -0.2) is 24.0 Å². The first kappa shape index (κ1) is 14.9. The predicted octanol–water partition coefficient (Wildman–Crippen LogP) is 2.54. The van der Waals surface area contributed by atoms with Crippen molar-refractivity contribution in [3.63, 3.8) is 0 Å². The summed E-state index contributed by atoms with van der Waals surface area (Å²) < 4.78 is 0. The molecule has 2 saturated heterocycles. The van der Waals surface area contributed by atoms with Crippen molar-refractivity contribution in [2.75, 3.05) is 0 Å². The zero-order chi connectivity index (χ0) is 13.6. The zero-order valence-electron chi connectivity index (χ0n) is 12.2. The Bertz CT molecular complexity index is 503. The summed E-state index contributed by atoms with van der Waals surface area (Å²) in [4.78, 5) is 12.7. The van der Waals surface area contributed by atoms with Crippen molar-refractivity contribution in [1.82, 2.24) is 10.6 Å². The fourth-order valence-corrected chi connectivity index (χ4v) is 4.03. The number of amides is 1. The predicted molar refractivity (Wildman–Crippen MR) is 85.7 cm³/mol. The van der Waals surface area contributed by atoms with E-state index in [0.717, 1.165) is 25.7 Å². The molecule has 21 heavy (non-hydrogen) atoms. The van der Waals surface area contributed by atoms with E-state index in [1.54, 1.807) is 0 Å². The number of halogens is 1. The summed E-state index contributed by atoms with van der Waals surface area (Å²) in [6, 6.07) is 11.9. The highest BCUT2D eigenvalue weighted by atomic mass is 35.5. The first-order valence-corrected chi connectivity index (χ1v) is 7.89. The van der Waals surface area contributed by atoms with Crippen LogP contribution in [0.5, 0.6) is 0 Å². The van der Waals surface area contributed by atoms with E-state index in [9.17, 15) is 4.79 Å². The van der Waals surface area contributed by atoms with Crippen molar-refractivity contribution in [2.45, 2.75) is 62.1 Å². The highest BCUT2D eigenvalue weighted by Gasteiger charge is 2.51. The summed E-state index contributed by atoms with van der Waals surface area (Å²) in [6.45, 7) is 0. The number of hydrogen-bond acceptors (Lipinski definition) is 2. The van der Waals surface area contributed by atoms with Crippen LogP contribution in [0.4, 0.5) is 0 Å². The number of fused-ring (bicyclic) bond motifs is 2. The highest BCUT2D eigenvalue weighted by Crippen LogP contribution is 2.48. The van der Waals surface area contributed by atoms with Crippen molar-refractivity contribution in [3.05, 3.63) is 35.9 Å². The molecule has 114 valence electrons. The van der Waals surface area contributed by atoms with Crippen molar-refractivity contribution in [2.24, 2.45) is 0 Å². The van der Waals surface area contributed by atoms with E-state index in [1.165, 1.54) is 18.4 Å². The largest absolute Gasteiger partial charge is 0.352 e. The lowest BCUT2D eigenvalue weighted by molar-refractivity contribution is -0.124. The fourth-order valence-electron chi connectivity index (χ4n) is 4.03. The van der Waals surface area contributed by atoms with Crippen LogP contribution >= 0.6 is 12.4 Å². The summed E-state index contributed by atoms with van der Waals surface area (Å²) in [5.74, 6) is 0.259. The van der Waals surface area contributed by atoms with E-state index >= 15 is 0 Å². The normalized spacial score (nSPS) is 32.1. The van der Waals surface area contributed by atoms with Crippen molar-refractivity contribution in [1.29, 1.82) is 0 Å². The molecule has 0 radical (unpaired) electrons. The monoisotopic (exact) mass is 306 g/mol. The number of hydrogen-bond donors (Lipinski definition) is 2. The lowest BCUT2D eigenvalue weighted by Crippen LogP contribution is -2.50. The number of benzene rings is 1. The Morgan fingerprint density at radius 1 is 1.10 bits per heavy atom. The second kappa shape index (κ2) is 5.62. The van der Waals surface area contributed by atoms with Gasteiger partial charge >= 0.3 is 0 Å². The Hall–Kier alpha value is -1.06. The lowest BCUT2D eigenvalue weighted by Gasteiger charge is -2.31. The van der Waals surface area contributed by atoms with Crippen LogP contribution in [0, 0.1) is 0 Å². The van der Waals surface area contributed by atoms with E-state index in [4.69, 9.17) is 0 Å². The Labute approximate surface area is 132 Å². The molecule has 0 aromatic heterocycles. The van der Waals surface area contributed by atoms with Crippen LogP contribution in [0.2, 0.25) is 0 Å². The number of nitrogens with one attached hydrogen (secondary N) is 2. The maximum Gasteiger partial charge on any atom is 0.230 e. The molecule has 2 N–H and O–H groups in total. The molecule has 1 saturated carbocycles. The Kier molecular flexibility index (Phi) is 3.98. The summed E-state index contributed by atoms with van der Waals surface area (Å²) >= 11 is 0. The van der Waals surface area contributed by atoms with Gasteiger partial charge in [-0.15, -0.1) is 12.4 Å². The molecule has 1 amide bonds. The number of carbonyl (C=O) groups is 1. The third-order valence-corrected chi connectivity index (χ3v) is 5.32. The first-order chi connectivity index (χ1) is 9.76. The minimum atomic E-state index is -0.217. The van der Waals surface area contributed by atoms with Gasteiger partial charge in [0, 0.05) is 18.1 Å². The molecular formula is C17H23ClN2O. The number of piperidine rings is 1. The molecule has 2 aliphatic heterocycles. The number of rotatable bonds is 3. The lowest BCUT2D eigenvalue weighted by atomic mass is 9.93. The van der Waals surface area contributed by atoms with Crippen LogP contribution in [0.15, 0.2) is 30.3 Å². The fraction of sp³-hybridized carbons (Fsp3) is 0.588. The van der Waals surface area contributed by atoms with Crippen molar-refractivity contribution in [3.8, 4) is 0 Å². The van der Waals surface area contributed by atoms with Crippen molar-refractivity contribution < 1.29 is 4.79 Å². The van der Waals surface area contributed by atoms with Gasteiger partial charge < -0.3 is 10.6 Å². The van der Waals surface area contributed by atoms with Gasteiger partial charge in [0.25, 0.3) is 0 Å². The third-order valence-electron chi connectivity index (χ3n) is 5.32. The Morgan fingerprint density at radius 2 is 1.71 bits per heavy atom. The second-order valence-electron chi connectivity index (χ2n) is 6.73. The second-order valence-corrected chi connectivity index (χ2v) is 6.73. The quantitative estimate of drug-likeness (QED) is 0.901. The molecule has 0 spiro atoms. The molecule has 4 heteroatoms. The molecule has 1 aromatic rings. The molecule has 3 aliphatic rings. The van der Waals surface area contributed by atoms with Gasteiger partial charge in [0.15, 0.2) is 0 Å². The molecule has 2 atom stereocenters. The first-order valence-electron chi connectivity index (χ1n) is 7.89. The molecule has 1 aliphatic carbocycles. The molecule has 3 fully saturated rings. The van der Waals surface area contributed by atoms with Crippen LogP contribution in [-0.2, 0) is 10.2 Å². The van der Waals surface area contributed by atoms with Gasteiger partial charge in [-0.3, -0.25) is 4.79 Å². The van der Waals surface area contributed by atoms with Crippen LogP contribution in [0.25, 0.3) is 0 Å². The molecule has 2 unspecified atom stereocenters. The summed E-state index contributed by atoms with van der Waals surface area (Å²) in [6.07, 6.45) is 6.77.